The summed E-state index contributed by atoms with van der Waals surface area (Å²) in [6.07, 6.45) is 5.10. The molecule has 11 nitrogen and oxygen atoms in total. The van der Waals surface area contributed by atoms with Crippen LogP contribution in [-0.4, -0.2) is 103 Å². The molecule has 2 unspecified atom stereocenters. The van der Waals surface area contributed by atoms with E-state index in [0.717, 1.165) is 11.9 Å². The number of ether oxygens (including phenoxy) is 1. The summed E-state index contributed by atoms with van der Waals surface area (Å²) < 4.78 is 8.22. The number of aliphatic hydroxyl groups excluding tert-OH is 1. The Bertz CT molecular complexity index is 1290. The van der Waals surface area contributed by atoms with Gasteiger partial charge < -0.3 is 24.5 Å². The number of nitrogens with zero attached hydrogens (tertiary/aromatic N) is 6. The van der Waals surface area contributed by atoms with E-state index in [1.165, 1.54) is 4.90 Å². The van der Waals surface area contributed by atoms with Crippen LogP contribution in [0, 0.1) is 11.8 Å². The van der Waals surface area contributed by atoms with Gasteiger partial charge in [-0.1, -0.05) is 36.4 Å². The van der Waals surface area contributed by atoms with Gasteiger partial charge in [0.2, 0.25) is 17.7 Å². The van der Waals surface area contributed by atoms with Crippen molar-refractivity contribution in [3.8, 4) is 0 Å². The summed E-state index contributed by atoms with van der Waals surface area (Å²) in [6, 6.07) is 6.57. The summed E-state index contributed by atoms with van der Waals surface area (Å²) >= 11 is 0. The second kappa shape index (κ2) is 11.5. The smallest absolute Gasteiger partial charge is 0.250 e. The lowest BCUT2D eigenvalue weighted by atomic mass is 9.70. The predicted molar refractivity (Wildman–Crippen MR) is 148 cm³/mol. The molecule has 3 saturated heterocycles. The zero-order valence-electron chi connectivity index (χ0n) is 23.0. The van der Waals surface area contributed by atoms with Crippen molar-refractivity contribution in [1.82, 2.24) is 29.7 Å². The fourth-order valence-corrected chi connectivity index (χ4v) is 6.85. The van der Waals surface area contributed by atoms with Crippen molar-refractivity contribution in [2.75, 3.05) is 32.8 Å². The van der Waals surface area contributed by atoms with Crippen LogP contribution in [0.4, 0.5) is 0 Å². The Morgan fingerprint density at radius 2 is 1.95 bits per heavy atom. The van der Waals surface area contributed by atoms with Gasteiger partial charge >= 0.3 is 0 Å². The molecule has 1 N–H and O–H groups in total. The minimum Gasteiger partial charge on any atom is -0.396 e. The Balaban J connectivity index is 1.50. The summed E-state index contributed by atoms with van der Waals surface area (Å²) in [7, 11) is 0. The molecule has 1 aromatic carbocycles. The lowest BCUT2D eigenvalue weighted by Gasteiger charge is -2.36. The summed E-state index contributed by atoms with van der Waals surface area (Å²) in [5, 5.41) is 18.1. The second-order valence-electron chi connectivity index (χ2n) is 10.8. The number of carbonyl (C=O) groups excluding carboxylic acids is 3. The largest absolute Gasteiger partial charge is 0.396 e. The van der Waals surface area contributed by atoms with Gasteiger partial charge in [-0.15, -0.1) is 18.3 Å². The Kier molecular flexibility index (Phi) is 8.04. The highest BCUT2D eigenvalue weighted by Crippen LogP contribution is 2.59. The zero-order valence-corrected chi connectivity index (χ0v) is 23.0. The summed E-state index contributed by atoms with van der Waals surface area (Å²) in [4.78, 5) is 47.2. The van der Waals surface area contributed by atoms with E-state index in [9.17, 15) is 19.5 Å². The van der Waals surface area contributed by atoms with E-state index in [1.54, 1.807) is 26.6 Å². The maximum atomic E-state index is 14.4. The molecule has 214 valence electrons. The number of para-hydroxylation sites is 1. The van der Waals surface area contributed by atoms with Gasteiger partial charge in [0.15, 0.2) is 0 Å². The number of fused-ring (bicyclic) bond motifs is 2. The lowest BCUT2D eigenvalue weighted by molar-refractivity contribution is -0.150. The molecule has 3 fully saturated rings. The molecule has 40 heavy (non-hydrogen) atoms. The first-order chi connectivity index (χ1) is 19.4. The normalized spacial score (nSPS) is 26.8. The highest BCUT2D eigenvalue weighted by Gasteiger charge is 2.74. The fourth-order valence-electron chi connectivity index (χ4n) is 6.85. The topological polar surface area (TPSA) is 121 Å². The van der Waals surface area contributed by atoms with E-state index in [0.29, 0.717) is 37.9 Å². The van der Waals surface area contributed by atoms with E-state index in [-0.39, 0.29) is 44.1 Å². The van der Waals surface area contributed by atoms with Gasteiger partial charge in [-0.2, -0.15) is 0 Å². The molecule has 1 aromatic heterocycles. The molecule has 5 atom stereocenters. The standard InChI is InChI=1S/C29H38N6O5/c1-4-14-32(15-5-2)26(37)23-22-12-13-29(40-22)24(23)27(38)34(17-9-18-36)25(29)28(39)33(16-6-3)19-35-21-11-8-7-10-20(21)30-31-35/h4,6-8,10-11,22-25,36H,1,3,5,9,12-19H2,2H3/t22-,23+,24+,25?,29?/m1/s1. The molecular formula is C29H38N6O5. The molecule has 0 aliphatic carbocycles. The monoisotopic (exact) mass is 550 g/mol. The first-order valence-electron chi connectivity index (χ1n) is 14.1. The first kappa shape index (κ1) is 28.0. The molecule has 4 heterocycles. The van der Waals surface area contributed by atoms with Crippen LogP contribution in [-0.2, 0) is 25.8 Å². The number of aliphatic hydroxyl groups is 1. The summed E-state index contributed by atoms with van der Waals surface area (Å²) in [5.74, 6) is -2.09. The molecule has 2 bridgehead atoms. The SMILES string of the molecule is C=CCN(Cn1nnc2ccccc21)C(=O)C1N(CCCO)C(=O)[C@@H]2[C@@H](C(=O)N(CC=C)CCC)[C@H]3CCC12O3. The van der Waals surface area contributed by atoms with Gasteiger partial charge in [0.25, 0.3) is 0 Å². The first-order valence-corrected chi connectivity index (χ1v) is 14.1. The van der Waals surface area contributed by atoms with Crippen LogP contribution in [0.1, 0.15) is 32.6 Å². The van der Waals surface area contributed by atoms with E-state index < -0.39 is 29.6 Å². The Morgan fingerprint density at radius 1 is 1.20 bits per heavy atom. The van der Waals surface area contributed by atoms with Gasteiger partial charge in [0, 0.05) is 32.8 Å². The summed E-state index contributed by atoms with van der Waals surface area (Å²) in [5.41, 5.74) is 0.384. The fraction of sp³-hybridized carbons (Fsp3) is 0.552. The van der Waals surface area contributed by atoms with Gasteiger partial charge in [0.1, 0.15) is 23.8 Å². The third kappa shape index (κ3) is 4.50. The average Bonchev–Trinajstić information content (AvgIpc) is 3.70. The van der Waals surface area contributed by atoms with Crippen LogP contribution < -0.4 is 0 Å². The molecule has 3 amide bonds. The van der Waals surface area contributed by atoms with Crippen molar-refractivity contribution >= 4 is 28.8 Å². The number of amides is 3. The Labute approximate surface area is 234 Å². The molecule has 3 aliphatic heterocycles. The van der Waals surface area contributed by atoms with Crippen molar-refractivity contribution in [3.63, 3.8) is 0 Å². The Hall–Kier alpha value is -3.57. The van der Waals surface area contributed by atoms with E-state index in [1.807, 2.05) is 31.2 Å². The molecule has 0 radical (unpaired) electrons. The third-order valence-electron chi connectivity index (χ3n) is 8.42. The van der Waals surface area contributed by atoms with Crippen LogP contribution in [0.15, 0.2) is 49.6 Å². The molecule has 11 heteroatoms. The number of likely N-dealkylation sites (tertiary alicyclic amines) is 1. The van der Waals surface area contributed by atoms with E-state index in [2.05, 4.69) is 23.5 Å². The number of hydrogen-bond acceptors (Lipinski definition) is 7. The van der Waals surface area contributed by atoms with E-state index in [4.69, 9.17) is 4.74 Å². The molecule has 5 rings (SSSR count). The van der Waals surface area contributed by atoms with Crippen molar-refractivity contribution in [1.29, 1.82) is 0 Å². The molecule has 1 spiro atoms. The van der Waals surface area contributed by atoms with Crippen LogP contribution in [0.25, 0.3) is 11.0 Å². The van der Waals surface area contributed by atoms with Crippen LogP contribution in [0.2, 0.25) is 0 Å². The summed E-state index contributed by atoms with van der Waals surface area (Å²) in [6.45, 7) is 11.0. The van der Waals surface area contributed by atoms with Crippen LogP contribution in [0.5, 0.6) is 0 Å². The second-order valence-corrected chi connectivity index (χ2v) is 10.8. The minimum absolute atomic E-state index is 0.111. The Morgan fingerprint density at radius 3 is 2.67 bits per heavy atom. The molecule has 2 aromatic rings. The highest BCUT2D eigenvalue weighted by atomic mass is 16.5. The zero-order chi connectivity index (χ0) is 28.4. The van der Waals surface area contributed by atoms with Gasteiger partial charge in [-0.25, -0.2) is 4.68 Å². The number of rotatable bonds is 13. The maximum Gasteiger partial charge on any atom is 0.250 e. The molecular weight excluding hydrogens is 512 g/mol. The average molecular weight is 551 g/mol. The minimum atomic E-state index is -1.11. The maximum absolute atomic E-state index is 14.4. The van der Waals surface area contributed by atoms with Crippen molar-refractivity contribution < 1.29 is 24.2 Å². The van der Waals surface area contributed by atoms with Crippen molar-refractivity contribution in [3.05, 3.63) is 49.6 Å². The molecule has 0 saturated carbocycles. The third-order valence-corrected chi connectivity index (χ3v) is 8.42. The van der Waals surface area contributed by atoms with Gasteiger partial charge in [-0.3, -0.25) is 14.4 Å². The van der Waals surface area contributed by atoms with Crippen LogP contribution >= 0.6 is 0 Å². The van der Waals surface area contributed by atoms with Gasteiger partial charge in [-0.05, 0) is 37.8 Å². The van der Waals surface area contributed by atoms with E-state index >= 15 is 0 Å². The predicted octanol–water partition coefficient (Wildman–Crippen LogP) is 1.59. The lowest BCUT2D eigenvalue weighted by Crippen LogP contribution is -2.56. The quantitative estimate of drug-likeness (QED) is 0.376. The van der Waals surface area contributed by atoms with Gasteiger partial charge in [0.05, 0.1) is 23.5 Å². The van der Waals surface area contributed by atoms with Crippen molar-refractivity contribution in [2.45, 2.75) is 57.0 Å². The van der Waals surface area contributed by atoms with Crippen molar-refractivity contribution in [2.24, 2.45) is 11.8 Å². The number of aromatic nitrogens is 3. The molecule has 3 aliphatic rings. The number of carbonyl (C=O) groups is 3. The number of hydrogen-bond donors (Lipinski definition) is 1. The van der Waals surface area contributed by atoms with Crippen LogP contribution in [0.3, 0.4) is 0 Å². The highest BCUT2D eigenvalue weighted by molar-refractivity contribution is 5.99. The number of benzene rings is 1.